The number of halogens is 2. The van der Waals surface area contributed by atoms with E-state index in [9.17, 15) is 9.59 Å². The van der Waals surface area contributed by atoms with Crippen molar-refractivity contribution in [1.29, 1.82) is 0 Å². The molecule has 0 amide bonds. The zero-order valence-electron chi connectivity index (χ0n) is 11.1. The highest BCUT2D eigenvalue weighted by molar-refractivity contribution is 5.83. The van der Waals surface area contributed by atoms with E-state index < -0.39 is 11.9 Å². The number of pyridine rings is 2. The summed E-state index contributed by atoms with van der Waals surface area (Å²) in [5.41, 5.74) is 0. The van der Waals surface area contributed by atoms with Crippen molar-refractivity contribution in [3.05, 3.63) is 61.2 Å². The van der Waals surface area contributed by atoms with Gasteiger partial charge in [0.1, 0.15) is 0 Å². The Bertz CT molecular complexity index is 513. The molecule has 0 saturated carbocycles. The standard InChI is InChI=1S/C14H14N2O3.2ClH/c17-13(11-15-7-3-1-4-8-15)19-14(18)12-16-9-5-2-6-10-16;;/h1-10H,11-12H2;2*1H/q+2;;/p-2. The summed E-state index contributed by atoms with van der Waals surface area (Å²) in [6.07, 6.45) is 6.94. The lowest BCUT2D eigenvalue weighted by molar-refractivity contribution is -0.688. The molecule has 0 unspecified atom stereocenters. The van der Waals surface area contributed by atoms with E-state index in [2.05, 4.69) is 0 Å². The van der Waals surface area contributed by atoms with Crippen molar-refractivity contribution in [2.24, 2.45) is 0 Å². The topological polar surface area (TPSA) is 51.1 Å². The van der Waals surface area contributed by atoms with Gasteiger partial charge in [0, 0.05) is 24.3 Å². The minimum Gasteiger partial charge on any atom is -1.00 e. The summed E-state index contributed by atoms with van der Waals surface area (Å²) in [4.78, 5) is 23.1. The van der Waals surface area contributed by atoms with Gasteiger partial charge in [0.2, 0.25) is 13.1 Å². The van der Waals surface area contributed by atoms with E-state index in [1.165, 1.54) is 0 Å². The maximum Gasteiger partial charge on any atom is 0.380 e. The van der Waals surface area contributed by atoms with Crippen LogP contribution in [0.25, 0.3) is 0 Å². The molecule has 2 heterocycles. The first kappa shape index (κ1) is 19.0. The van der Waals surface area contributed by atoms with Crippen LogP contribution in [0, 0.1) is 0 Å². The number of aromatic nitrogens is 2. The van der Waals surface area contributed by atoms with Crippen LogP contribution in [0.15, 0.2) is 61.2 Å². The summed E-state index contributed by atoms with van der Waals surface area (Å²) < 4.78 is 8.03. The van der Waals surface area contributed by atoms with E-state index in [0.29, 0.717) is 0 Å². The highest BCUT2D eigenvalue weighted by Crippen LogP contribution is 1.85. The Balaban J connectivity index is 0.00000200. The van der Waals surface area contributed by atoms with Gasteiger partial charge in [-0.15, -0.1) is 0 Å². The Morgan fingerprint density at radius 3 is 1.33 bits per heavy atom. The molecular formula is C14H14Cl2N2O3. The molecule has 0 aliphatic rings. The van der Waals surface area contributed by atoms with Gasteiger partial charge in [0.25, 0.3) is 0 Å². The highest BCUT2D eigenvalue weighted by atomic mass is 35.5. The van der Waals surface area contributed by atoms with Gasteiger partial charge in [-0.1, -0.05) is 12.1 Å². The zero-order chi connectivity index (χ0) is 13.5. The summed E-state index contributed by atoms with van der Waals surface area (Å²) >= 11 is 0. The number of nitrogens with zero attached hydrogens (tertiary/aromatic N) is 2. The van der Waals surface area contributed by atoms with E-state index in [0.717, 1.165) is 0 Å². The smallest absolute Gasteiger partial charge is 0.380 e. The monoisotopic (exact) mass is 328 g/mol. The second-order valence-corrected chi connectivity index (χ2v) is 3.94. The molecule has 0 N–H and O–H groups in total. The van der Waals surface area contributed by atoms with E-state index in [1.807, 2.05) is 12.1 Å². The SMILES string of the molecule is O=C(C[n+]1ccccc1)OC(=O)C[n+]1ccccc1.[Cl-].[Cl-]. The van der Waals surface area contributed by atoms with Crippen molar-refractivity contribution in [1.82, 2.24) is 0 Å². The molecule has 0 aliphatic heterocycles. The van der Waals surface area contributed by atoms with Gasteiger partial charge in [0.15, 0.2) is 24.8 Å². The van der Waals surface area contributed by atoms with Gasteiger partial charge in [0.05, 0.1) is 0 Å². The molecule has 2 aromatic rings. The fourth-order valence-electron chi connectivity index (χ4n) is 1.57. The van der Waals surface area contributed by atoms with Crippen molar-refractivity contribution in [3.8, 4) is 0 Å². The molecule has 2 rings (SSSR count). The van der Waals surface area contributed by atoms with Crippen molar-refractivity contribution in [2.75, 3.05) is 0 Å². The van der Waals surface area contributed by atoms with Gasteiger partial charge >= 0.3 is 11.9 Å². The number of esters is 2. The Hall–Kier alpha value is -1.98. The fourth-order valence-corrected chi connectivity index (χ4v) is 1.57. The van der Waals surface area contributed by atoms with E-state index in [4.69, 9.17) is 4.74 Å². The van der Waals surface area contributed by atoms with Gasteiger partial charge in [-0.25, -0.2) is 9.59 Å². The molecular weight excluding hydrogens is 315 g/mol. The minimum absolute atomic E-state index is 0. The van der Waals surface area contributed by atoms with Crippen molar-refractivity contribution in [3.63, 3.8) is 0 Å². The molecule has 0 radical (unpaired) electrons. The lowest BCUT2D eigenvalue weighted by Gasteiger charge is -1.98. The van der Waals surface area contributed by atoms with E-state index in [1.54, 1.807) is 58.2 Å². The molecule has 0 spiro atoms. The van der Waals surface area contributed by atoms with E-state index >= 15 is 0 Å². The summed E-state index contributed by atoms with van der Waals surface area (Å²) in [7, 11) is 0. The maximum atomic E-state index is 11.5. The predicted molar refractivity (Wildman–Crippen MR) is 64.4 cm³/mol. The van der Waals surface area contributed by atoms with Crippen LogP contribution in [-0.2, 0) is 27.4 Å². The third-order valence-electron chi connectivity index (χ3n) is 2.41. The average Bonchev–Trinajstić information content (AvgIpc) is 2.40. The predicted octanol–water partition coefficient (Wildman–Crippen LogP) is -5.96. The number of hydrogen-bond acceptors (Lipinski definition) is 3. The Labute approximate surface area is 135 Å². The summed E-state index contributed by atoms with van der Waals surface area (Å²) in [5.74, 6) is -1.14. The van der Waals surface area contributed by atoms with Gasteiger partial charge < -0.3 is 29.6 Å². The van der Waals surface area contributed by atoms with Crippen LogP contribution < -0.4 is 33.9 Å². The number of carbonyl (C=O) groups excluding carboxylic acids is 2. The van der Waals surface area contributed by atoms with Crippen LogP contribution in [0.3, 0.4) is 0 Å². The van der Waals surface area contributed by atoms with Crippen LogP contribution in [0.5, 0.6) is 0 Å². The molecule has 0 aliphatic carbocycles. The Morgan fingerprint density at radius 2 is 1.00 bits per heavy atom. The summed E-state index contributed by atoms with van der Waals surface area (Å²) in [5, 5.41) is 0. The molecule has 21 heavy (non-hydrogen) atoms. The van der Waals surface area contributed by atoms with Crippen LogP contribution in [0.1, 0.15) is 0 Å². The fraction of sp³-hybridized carbons (Fsp3) is 0.143. The molecule has 0 bridgehead atoms. The highest BCUT2D eigenvalue weighted by Gasteiger charge is 2.18. The lowest BCUT2D eigenvalue weighted by atomic mass is 10.4. The Morgan fingerprint density at radius 1 is 0.667 bits per heavy atom. The molecule has 0 fully saturated rings. The van der Waals surface area contributed by atoms with Gasteiger partial charge in [-0.3, -0.25) is 0 Å². The van der Waals surface area contributed by atoms with Crippen LogP contribution in [0.4, 0.5) is 0 Å². The third-order valence-corrected chi connectivity index (χ3v) is 2.41. The number of carbonyl (C=O) groups is 2. The molecule has 2 aromatic heterocycles. The first-order chi connectivity index (χ1) is 9.24. The molecule has 0 aromatic carbocycles. The molecule has 112 valence electrons. The van der Waals surface area contributed by atoms with Crippen LogP contribution >= 0.6 is 0 Å². The van der Waals surface area contributed by atoms with Crippen LogP contribution in [0.2, 0.25) is 0 Å². The van der Waals surface area contributed by atoms with Crippen molar-refractivity contribution >= 4 is 11.9 Å². The summed E-state index contributed by atoms with van der Waals surface area (Å²) in [6, 6.07) is 10.9. The molecule has 7 heteroatoms. The second-order valence-electron chi connectivity index (χ2n) is 3.94. The normalized spacial score (nSPS) is 8.95. The molecule has 5 nitrogen and oxygen atoms in total. The summed E-state index contributed by atoms with van der Waals surface area (Å²) in [6.45, 7) is 0.0398. The molecule has 0 atom stereocenters. The first-order valence-corrected chi connectivity index (χ1v) is 5.86. The van der Waals surface area contributed by atoms with Crippen molar-refractivity contribution in [2.45, 2.75) is 13.1 Å². The number of ether oxygens (including phenoxy) is 1. The zero-order valence-corrected chi connectivity index (χ0v) is 12.6. The van der Waals surface area contributed by atoms with Crippen LogP contribution in [-0.4, -0.2) is 11.9 Å². The molecule has 0 saturated heterocycles. The van der Waals surface area contributed by atoms with Gasteiger partial charge in [-0.2, -0.15) is 9.13 Å². The first-order valence-electron chi connectivity index (χ1n) is 5.86. The number of rotatable bonds is 4. The quantitative estimate of drug-likeness (QED) is 0.319. The number of hydrogen-bond donors (Lipinski definition) is 0. The average molecular weight is 329 g/mol. The van der Waals surface area contributed by atoms with Crippen molar-refractivity contribution < 1.29 is 48.3 Å². The van der Waals surface area contributed by atoms with E-state index in [-0.39, 0.29) is 37.9 Å². The minimum atomic E-state index is -0.572. The van der Waals surface area contributed by atoms with Gasteiger partial charge in [-0.05, 0) is 0 Å². The Kier molecular flexibility index (Phi) is 8.92. The largest absolute Gasteiger partial charge is 1.00 e. The lowest BCUT2D eigenvalue weighted by Crippen LogP contribution is -3.00. The second kappa shape index (κ2) is 9.85. The third kappa shape index (κ3) is 6.83. The maximum absolute atomic E-state index is 11.5.